The number of amides is 1. The number of likely N-dealkylation sites (tertiary alicyclic amines) is 1. The van der Waals surface area contributed by atoms with E-state index in [1.165, 1.54) is 7.11 Å². The summed E-state index contributed by atoms with van der Waals surface area (Å²) in [5.74, 6) is 0.660. The lowest BCUT2D eigenvalue weighted by Crippen LogP contribution is -2.62. The SMILES string of the molecule is COC(=O)N1C[C@H]2C[C@@H](Br)[C@@H](Br)C[C@H]21. The summed E-state index contributed by atoms with van der Waals surface area (Å²) >= 11 is 7.28. The van der Waals surface area contributed by atoms with Gasteiger partial charge in [-0.3, -0.25) is 0 Å². The molecular weight excluding hydrogens is 314 g/mol. The zero-order valence-electron chi connectivity index (χ0n) is 7.95. The van der Waals surface area contributed by atoms with Crippen molar-refractivity contribution < 1.29 is 9.53 Å². The Morgan fingerprint density at radius 1 is 1.36 bits per heavy atom. The van der Waals surface area contributed by atoms with E-state index in [2.05, 4.69) is 31.9 Å². The topological polar surface area (TPSA) is 29.5 Å². The fourth-order valence-corrected chi connectivity index (χ4v) is 3.61. The molecule has 80 valence electrons. The van der Waals surface area contributed by atoms with Gasteiger partial charge in [-0.25, -0.2) is 4.79 Å². The van der Waals surface area contributed by atoms with Crippen molar-refractivity contribution >= 4 is 38.0 Å². The van der Waals surface area contributed by atoms with Crippen LogP contribution in [-0.4, -0.2) is 40.3 Å². The molecule has 4 atom stereocenters. The van der Waals surface area contributed by atoms with Gasteiger partial charge in [-0.2, -0.15) is 0 Å². The van der Waals surface area contributed by atoms with Crippen molar-refractivity contribution in [2.75, 3.05) is 13.7 Å². The third kappa shape index (κ3) is 1.69. The quantitative estimate of drug-likeness (QED) is 0.640. The molecule has 2 fully saturated rings. The first-order valence-corrected chi connectivity index (χ1v) is 6.59. The molecule has 1 aliphatic carbocycles. The van der Waals surface area contributed by atoms with Gasteiger partial charge in [-0.05, 0) is 18.8 Å². The second-order valence-corrected chi connectivity index (χ2v) is 6.31. The highest BCUT2D eigenvalue weighted by atomic mass is 79.9. The normalized spacial score (nSPS) is 41.2. The van der Waals surface area contributed by atoms with Crippen LogP contribution in [0.2, 0.25) is 0 Å². The largest absolute Gasteiger partial charge is 0.453 e. The summed E-state index contributed by atoms with van der Waals surface area (Å²) in [7, 11) is 1.44. The van der Waals surface area contributed by atoms with E-state index < -0.39 is 0 Å². The van der Waals surface area contributed by atoms with Crippen LogP contribution in [0.1, 0.15) is 12.8 Å². The molecular formula is C9H13Br2NO2. The van der Waals surface area contributed by atoms with E-state index in [-0.39, 0.29) is 6.09 Å². The highest BCUT2D eigenvalue weighted by Crippen LogP contribution is 2.42. The van der Waals surface area contributed by atoms with E-state index in [9.17, 15) is 4.79 Å². The minimum Gasteiger partial charge on any atom is -0.453 e. The Hall–Kier alpha value is 0.230. The third-order valence-corrected chi connectivity index (χ3v) is 5.91. The van der Waals surface area contributed by atoms with Crippen molar-refractivity contribution in [3.63, 3.8) is 0 Å². The number of carbonyl (C=O) groups is 1. The monoisotopic (exact) mass is 325 g/mol. The second kappa shape index (κ2) is 4.00. The summed E-state index contributed by atoms with van der Waals surface area (Å²) in [4.78, 5) is 14.2. The molecule has 2 rings (SSSR count). The van der Waals surface area contributed by atoms with E-state index in [1.807, 2.05) is 4.90 Å². The van der Waals surface area contributed by atoms with E-state index >= 15 is 0 Å². The number of alkyl halides is 2. The zero-order chi connectivity index (χ0) is 10.3. The Morgan fingerprint density at radius 2 is 2.00 bits per heavy atom. The summed E-state index contributed by atoms with van der Waals surface area (Å²) in [5, 5.41) is 0. The number of nitrogens with zero attached hydrogens (tertiary/aromatic N) is 1. The van der Waals surface area contributed by atoms with Gasteiger partial charge >= 0.3 is 6.09 Å². The van der Waals surface area contributed by atoms with Gasteiger partial charge in [0.2, 0.25) is 0 Å². The summed E-state index contributed by atoms with van der Waals surface area (Å²) in [5.41, 5.74) is 0. The lowest BCUT2D eigenvalue weighted by Gasteiger charge is -2.52. The molecule has 0 bridgehead atoms. The smallest absolute Gasteiger partial charge is 0.409 e. The number of ether oxygens (including phenoxy) is 1. The van der Waals surface area contributed by atoms with E-state index in [1.54, 1.807) is 0 Å². The Bertz CT molecular complexity index is 249. The molecule has 0 N–H and O–H groups in total. The van der Waals surface area contributed by atoms with E-state index in [4.69, 9.17) is 4.74 Å². The Balaban J connectivity index is 1.96. The van der Waals surface area contributed by atoms with Crippen LogP contribution >= 0.6 is 31.9 Å². The summed E-state index contributed by atoms with van der Waals surface area (Å²) in [6.07, 6.45) is 1.99. The Labute approximate surface area is 100 Å². The number of carbonyl (C=O) groups excluding carboxylic acids is 1. The van der Waals surface area contributed by atoms with Crippen LogP contribution in [-0.2, 0) is 4.74 Å². The number of hydrogen-bond donors (Lipinski definition) is 0. The number of fused-ring (bicyclic) bond motifs is 1. The molecule has 1 heterocycles. The Morgan fingerprint density at radius 3 is 2.64 bits per heavy atom. The molecule has 0 radical (unpaired) electrons. The third-order valence-electron chi connectivity index (χ3n) is 3.17. The van der Waals surface area contributed by atoms with Crippen molar-refractivity contribution in [2.45, 2.75) is 28.5 Å². The van der Waals surface area contributed by atoms with Crippen molar-refractivity contribution in [1.29, 1.82) is 0 Å². The minimum atomic E-state index is -0.182. The van der Waals surface area contributed by atoms with Crippen LogP contribution in [0.15, 0.2) is 0 Å². The molecule has 0 aromatic rings. The molecule has 5 heteroatoms. The van der Waals surface area contributed by atoms with E-state index in [0.717, 1.165) is 19.4 Å². The van der Waals surface area contributed by atoms with Crippen LogP contribution in [0.25, 0.3) is 0 Å². The highest BCUT2D eigenvalue weighted by molar-refractivity contribution is 9.12. The number of rotatable bonds is 0. The van der Waals surface area contributed by atoms with Crippen LogP contribution in [0.4, 0.5) is 4.79 Å². The fraction of sp³-hybridized carbons (Fsp3) is 0.889. The fourth-order valence-electron chi connectivity index (χ4n) is 2.32. The molecule has 1 amide bonds. The van der Waals surface area contributed by atoms with Crippen LogP contribution < -0.4 is 0 Å². The summed E-state index contributed by atoms with van der Waals surface area (Å²) < 4.78 is 4.73. The first-order valence-electron chi connectivity index (χ1n) is 4.76. The van der Waals surface area contributed by atoms with Crippen LogP contribution in [0.5, 0.6) is 0 Å². The van der Waals surface area contributed by atoms with Crippen LogP contribution in [0.3, 0.4) is 0 Å². The van der Waals surface area contributed by atoms with Gasteiger partial charge < -0.3 is 9.64 Å². The average molecular weight is 327 g/mol. The van der Waals surface area contributed by atoms with E-state index in [0.29, 0.717) is 21.6 Å². The summed E-state index contributed by atoms with van der Waals surface area (Å²) in [6, 6.07) is 0.389. The number of hydrogen-bond acceptors (Lipinski definition) is 2. The van der Waals surface area contributed by atoms with Gasteiger partial charge in [0.25, 0.3) is 0 Å². The molecule has 2 aliphatic rings. The Kier molecular flexibility index (Phi) is 3.07. The molecule has 1 saturated carbocycles. The maximum absolute atomic E-state index is 11.3. The highest BCUT2D eigenvalue weighted by Gasteiger charge is 2.47. The molecule has 3 nitrogen and oxygen atoms in total. The molecule has 0 aromatic carbocycles. The van der Waals surface area contributed by atoms with Gasteiger partial charge in [-0.15, -0.1) is 0 Å². The van der Waals surface area contributed by atoms with Gasteiger partial charge in [0.05, 0.1) is 7.11 Å². The van der Waals surface area contributed by atoms with Crippen molar-refractivity contribution in [1.82, 2.24) is 4.90 Å². The maximum Gasteiger partial charge on any atom is 0.409 e. The van der Waals surface area contributed by atoms with Crippen molar-refractivity contribution in [2.24, 2.45) is 5.92 Å². The molecule has 0 unspecified atom stereocenters. The lowest BCUT2D eigenvalue weighted by molar-refractivity contribution is -0.00401. The zero-order valence-corrected chi connectivity index (χ0v) is 11.1. The minimum absolute atomic E-state index is 0.182. The van der Waals surface area contributed by atoms with Crippen molar-refractivity contribution in [3.8, 4) is 0 Å². The van der Waals surface area contributed by atoms with Crippen LogP contribution in [0, 0.1) is 5.92 Å². The predicted octanol–water partition coefficient (Wildman–Crippen LogP) is 2.37. The average Bonchev–Trinajstić information content (AvgIpc) is 2.16. The van der Waals surface area contributed by atoms with Gasteiger partial charge in [-0.1, -0.05) is 31.9 Å². The molecule has 1 aliphatic heterocycles. The first kappa shape index (κ1) is 10.7. The predicted molar refractivity (Wildman–Crippen MR) is 61.1 cm³/mol. The number of methoxy groups -OCH3 is 1. The summed E-state index contributed by atoms with van der Waals surface area (Å²) in [6.45, 7) is 0.860. The molecule has 1 saturated heterocycles. The van der Waals surface area contributed by atoms with Gasteiger partial charge in [0.15, 0.2) is 0 Å². The molecule has 0 spiro atoms. The molecule has 14 heavy (non-hydrogen) atoms. The lowest BCUT2D eigenvalue weighted by atomic mass is 9.77. The number of halogens is 2. The van der Waals surface area contributed by atoms with Crippen molar-refractivity contribution in [3.05, 3.63) is 0 Å². The standard InChI is InChI=1S/C9H13Br2NO2/c1-14-9(13)12-4-5-2-6(10)7(11)3-8(5)12/h5-8H,2-4H2,1H3/t5-,6-,7+,8-/m1/s1. The van der Waals surface area contributed by atoms with Gasteiger partial charge in [0.1, 0.15) is 0 Å². The maximum atomic E-state index is 11.3. The second-order valence-electron chi connectivity index (χ2n) is 3.95. The van der Waals surface area contributed by atoms with Gasteiger partial charge in [0, 0.05) is 22.2 Å². The first-order chi connectivity index (χ1) is 6.63. The molecule has 0 aromatic heterocycles.